The van der Waals surface area contributed by atoms with Crippen molar-refractivity contribution in [1.82, 2.24) is 10.2 Å². The first-order valence-corrected chi connectivity index (χ1v) is 8.33. The first-order valence-electron chi connectivity index (χ1n) is 7.57. The zero-order chi connectivity index (χ0) is 16.1. The molecule has 2 unspecified atom stereocenters. The molecule has 1 aromatic rings. The summed E-state index contributed by atoms with van der Waals surface area (Å²) in [6.07, 6.45) is 1.29. The monoisotopic (exact) mass is 344 g/mol. The van der Waals surface area contributed by atoms with Crippen molar-refractivity contribution in [3.8, 4) is 0 Å². The van der Waals surface area contributed by atoms with E-state index in [0.29, 0.717) is 29.6 Å². The minimum absolute atomic E-state index is 0.00407. The molecule has 2 rings (SSSR count). The Morgan fingerprint density at radius 1 is 1.50 bits per heavy atom. The number of amides is 1. The van der Waals surface area contributed by atoms with Crippen molar-refractivity contribution < 1.29 is 9.90 Å². The Balaban J connectivity index is 1.71. The average molecular weight is 345 g/mol. The van der Waals surface area contributed by atoms with Gasteiger partial charge in [-0.3, -0.25) is 9.69 Å². The number of aliphatic hydroxyl groups is 1. The van der Waals surface area contributed by atoms with Crippen LogP contribution in [0.5, 0.6) is 0 Å². The molecule has 2 atom stereocenters. The summed E-state index contributed by atoms with van der Waals surface area (Å²) in [5.74, 6) is 0.280. The van der Waals surface area contributed by atoms with Gasteiger partial charge in [-0.15, -0.1) is 0 Å². The Hall–Kier alpha value is -0.810. The van der Waals surface area contributed by atoms with Gasteiger partial charge in [0.05, 0.1) is 22.7 Å². The molecular weight excluding hydrogens is 323 g/mol. The summed E-state index contributed by atoms with van der Waals surface area (Å²) >= 11 is 12.1. The third kappa shape index (κ3) is 4.85. The van der Waals surface area contributed by atoms with E-state index in [1.807, 2.05) is 19.1 Å². The van der Waals surface area contributed by atoms with Crippen LogP contribution in [0.3, 0.4) is 0 Å². The lowest BCUT2D eigenvalue weighted by Crippen LogP contribution is -2.37. The Morgan fingerprint density at radius 2 is 2.27 bits per heavy atom. The van der Waals surface area contributed by atoms with Gasteiger partial charge < -0.3 is 10.4 Å². The van der Waals surface area contributed by atoms with Gasteiger partial charge in [0.25, 0.3) is 0 Å². The fourth-order valence-electron chi connectivity index (χ4n) is 2.74. The highest BCUT2D eigenvalue weighted by atomic mass is 35.5. The molecule has 1 saturated heterocycles. The number of hydrogen-bond donors (Lipinski definition) is 2. The lowest BCUT2D eigenvalue weighted by atomic mass is 10.0. The molecule has 1 amide bonds. The maximum atomic E-state index is 11.9. The molecule has 0 saturated carbocycles. The highest BCUT2D eigenvalue weighted by Crippen LogP contribution is 2.25. The van der Waals surface area contributed by atoms with Crippen LogP contribution in [-0.2, 0) is 11.2 Å². The average Bonchev–Trinajstić information content (AvgIpc) is 2.92. The minimum atomic E-state index is -0.307. The summed E-state index contributed by atoms with van der Waals surface area (Å²) in [5.41, 5.74) is 0.935. The van der Waals surface area contributed by atoms with E-state index in [0.717, 1.165) is 25.1 Å². The van der Waals surface area contributed by atoms with Crippen molar-refractivity contribution >= 4 is 29.1 Å². The molecule has 2 N–H and O–H groups in total. The second-order valence-electron chi connectivity index (χ2n) is 5.84. The quantitative estimate of drug-likeness (QED) is 0.832. The van der Waals surface area contributed by atoms with E-state index in [1.54, 1.807) is 6.07 Å². The van der Waals surface area contributed by atoms with Crippen LogP contribution in [0.15, 0.2) is 18.2 Å². The number of carbonyl (C=O) groups excluding carboxylic acids is 1. The molecule has 1 aromatic carbocycles. The molecule has 1 fully saturated rings. The van der Waals surface area contributed by atoms with E-state index >= 15 is 0 Å². The fraction of sp³-hybridized carbons (Fsp3) is 0.562. The lowest BCUT2D eigenvalue weighted by Gasteiger charge is -2.17. The van der Waals surface area contributed by atoms with E-state index in [2.05, 4.69) is 10.2 Å². The van der Waals surface area contributed by atoms with Gasteiger partial charge in [0.15, 0.2) is 0 Å². The van der Waals surface area contributed by atoms with Gasteiger partial charge in [0.1, 0.15) is 0 Å². The van der Waals surface area contributed by atoms with Crippen LogP contribution in [0.2, 0.25) is 10.0 Å². The fourth-order valence-corrected chi connectivity index (χ4v) is 3.15. The standard InChI is InChI=1S/C16H22Cl2N2O2/c1-11(21)13-6-8-20(9-13)10-15(22)19-7-5-12-3-2-4-14(17)16(12)18/h2-4,11,13,21H,5-10H2,1H3,(H,19,22). The van der Waals surface area contributed by atoms with Crippen LogP contribution in [0.25, 0.3) is 0 Å². The number of benzene rings is 1. The molecule has 0 aliphatic carbocycles. The number of halogens is 2. The van der Waals surface area contributed by atoms with E-state index in [4.69, 9.17) is 23.2 Å². The van der Waals surface area contributed by atoms with Crippen LogP contribution in [0, 0.1) is 5.92 Å². The van der Waals surface area contributed by atoms with Crippen molar-refractivity contribution in [2.75, 3.05) is 26.2 Å². The molecule has 1 aliphatic heterocycles. The largest absolute Gasteiger partial charge is 0.393 e. The normalized spacial score (nSPS) is 20.1. The van der Waals surface area contributed by atoms with Gasteiger partial charge >= 0.3 is 0 Å². The van der Waals surface area contributed by atoms with Crippen LogP contribution in [0.4, 0.5) is 0 Å². The van der Waals surface area contributed by atoms with Gasteiger partial charge in [-0.05, 0) is 43.9 Å². The molecule has 4 nitrogen and oxygen atoms in total. The third-order valence-corrected chi connectivity index (χ3v) is 4.96. The van der Waals surface area contributed by atoms with Gasteiger partial charge in [-0.1, -0.05) is 35.3 Å². The molecule has 1 aliphatic rings. The van der Waals surface area contributed by atoms with Crippen LogP contribution < -0.4 is 5.32 Å². The number of likely N-dealkylation sites (tertiary alicyclic amines) is 1. The highest BCUT2D eigenvalue weighted by molar-refractivity contribution is 6.42. The second-order valence-corrected chi connectivity index (χ2v) is 6.62. The highest BCUT2D eigenvalue weighted by Gasteiger charge is 2.26. The molecule has 122 valence electrons. The summed E-state index contributed by atoms with van der Waals surface area (Å²) in [6, 6.07) is 5.51. The molecule has 1 heterocycles. The number of carbonyl (C=O) groups is 1. The zero-order valence-electron chi connectivity index (χ0n) is 12.7. The Bertz CT molecular complexity index is 523. The molecule has 0 aromatic heterocycles. The van der Waals surface area contributed by atoms with E-state index in [9.17, 15) is 9.90 Å². The maximum Gasteiger partial charge on any atom is 0.234 e. The first-order chi connectivity index (χ1) is 10.5. The number of hydrogen-bond acceptors (Lipinski definition) is 3. The van der Waals surface area contributed by atoms with Crippen molar-refractivity contribution in [2.24, 2.45) is 5.92 Å². The summed E-state index contributed by atoms with van der Waals surface area (Å²) in [4.78, 5) is 14.0. The molecule has 22 heavy (non-hydrogen) atoms. The number of rotatable bonds is 6. The summed E-state index contributed by atoms with van der Waals surface area (Å²) in [6.45, 7) is 4.37. The van der Waals surface area contributed by atoms with Crippen molar-refractivity contribution in [1.29, 1.82) is 0 Å². The summed E-state index contributed by atoms with van der Waals surface area (Å²) in [7, 11) is 0. The zero-order valence-corrected chi connectivity index (χ0v) is 14.2. The van der Waals surface area contributed by atoms with Crippen LogP contribution in [-0.4, -0.2) is 48.2 Å². The van der Waals surface area contributed by atoms with Crippen molar-refractivity contribution in [2.45, 2.75) is 25.9 Å². The van der Waals surface area contributed by atoms with Crippen LogP contribution in [0.1, 0.15) is 18.9 Å². The topological polar surface area (TPSA) is 52.6 Å². The molecule has 0 spiro atoms. The number of nitrogens with zero attached hydrogens (tertiary/aromatic N) is 1. The SMILES string of the molecule is CC(O)C1CCN(CC(=O)NCCc2cccc(Cl)c2Cl)C1. The summed E-state index contributed by atoms with van der Waals surface area (Å²) < 4.78 is 0. The smallest absolute Gasteiger partial charge is 0.234 e. The second kappa shape index (κ2) is 8.16. The Labute approximate surface area is 141 Å². The van der Waals surface area contributed by atoms with Crippen LogP contribution >= 0.6 is 23.2 Å². The van der Waals surface area contributed by atoms with E-state index in [-0.39, 0.29) is 17.9 Å². The first kappa shape index (κ1) is 17.5. The van der Waals surface area contributed by atoms with E-state index in [1.165, 1.54) is 0 Å². The number of aliphatic hydroxyl groups excluding tert-OH is 1. The van der Waals surface area contributed by atoms with Gasteiger partial charge in [-0.25, -0.2) is 0 Å². The number of nitrogens with one attached hydrogen (secondary N) is 1. The predicted octanol–water partition coefficient (Wildman–Crippen LogP) is 2.35. The van der Waals surface area contributed by atoms with Gasteiger partial charge in [0, 0.05) is 13.1 Å². The molecule has 0 bridgehead atoms. The minimum Gasteiger partial charge on any atom is -0.393 e. The van der Waals surface area contributed by atoms with Crippen molar-refractivity contribution in [3.05, 3.63) is 33.8 Å². The van der Waals surface area contributed by atoms with Gasteiger partial charge in [0.2, 0.25) is 5.91 Å². The van der Waals surface area contributed by atoms with Gasteiger partial charge in [-0.2, -0.15) is 0 Å². The third-order valence-electron chi connectivity index (χ3n) is 4.11. The molecule has 0 radical (unpaired) electrons. The van der Waals surface area contributed by atoms with Crippen molar-refractivity contribution in [3.63, 3.8) is 0 Å². The molecule has 6 heteroatoms. The molecular formula is C16H22Cl2N2O2. The predicted molar refractivity (Wildman–Crippen MR) is 89.4 cm³/mol. The lowest BCUT2D eigenvalue weighted by molar-refractivity contribution is -0.122. The Kier molecular flexibility index (Phi) is 6.50. The van der Waals surface area contributed by atoms with E-state index < -0.39 is 0 Å². The Morgan fingerprint density at radius 3 is 2.95 bits per heavy atom. The summed E-state index contributed by atoms with van der Waals surface area (Å²) in [5, 5.41) is 13.6. The maximum absolute atomic E-state index is 11.9.